The number of anilines is 1. The van der Waals surface area contributed by atoms with Crippen LogP contribution in [0, 0.1) is 11.3 Å². The molecule has 2 rings (SSSR count). The smallest absolute Gasteiger partial charge is 0.387 e. The highest BCUT2D eigenvalue weighted by Gasteiger charge is 2.17. The number of amides is 1. The lowest BCUT2D eigenvalue weighted by molar-refractivity contribution is -0.112. The predicted molar refractivity (Wildman–Crippen MR) is 99.8 cm³/mol. The third-order valence-electron chi connectivity index (χ3n) is 3.48. The lowest BCUT2D eigenvalue weighted by Crippen LogP contribution is -2.13. The number of nitriles is 1. The second kappa shape index (κ2) is 9.58. The normalized spacial score (nSPS) is 11.0. The number of halogens is 3. The predicted octanol–water partition coefficient (Wildman–Crippen LogP) is 4.50. The second-order valence-corrected chi connectivity index (χ2v) is 5.67. The Bertz CT molecular complexity index is 925. The number of hydrogen-bond donors (Lipinski definition) is 1. The molecule has 0 heterocycles. The van der Waals surface area contributed by atoms with E-state index >= 15 is 0 Å². The lowest BCUT2D eigenvalue weighted by atomic mass is 10.1. The van der Waals surface area contributed by atoms with E-state index in [1.165, 1.54) is 32.4 Å². The molecule has 0 radical (unpaired) electrons. The fraction of sp³-hybridized carbons (Fsp3) is 0.158. The molecule has 0 spiro atoms. The number of benzene rings is 2. The summed E-state index contributed by atoms with van der Waals surface area (Å²) in [5, 5.41) is 11.7. The largest absolute Gasteiger partial charge is 0.497 e. The maximum Gasteiger partial charge on any atom is 0.387 e. The van der Waals surface area contributed by atoms with Crippen molar-refractivity contribution in [3.63, 3.8) is 0 Å². The van der Waals surface area contributed by atoms with Gasteiger partial charge in [-0.25, -0.2) is 0 Å². The molecule has 1 N–H and O–H groups in total. The number of alkyl halides is 2. The number of nitrogens with one attached hydrogen (secondary N) is 1. The molecule has 9 heteroatoms. The Kier molecular flexibility index (Phi) is 7.18. The lowest BCUT2D eigenvalue weighted by Gasteiger charge is -2.12. The third-order valence-corrected chi connectivity index (χ3v) is 3.76. The number of nitrogens with zero attached hydrogens (tertiary/aromatic N) is 1. The van der Waals surface area contributed by atoms with Gasteiger partial charge in [-0.1, -0.05) is 11.6 Å². The van der Waals surface area contributed by atoms with Crippen LogP contribution in [-0.4, -0.2) is 26.7 Å². The van der Waals surface area contributed by atoms with Crippen LogP contribution < -0.4 is 19.5 Å². The van der Waals surface area contributed by atoms with Gasteiger partial charge < -0.3 is 19.5 Å². The zero-order valence-corrected chi connectivity index (χ0v) is 15.6. The van der Waals surface area contributed by atoms with Crippen molar-refractivity contribution in [2.75, 3.05) is 19.5 Å². The van der Waals surface area contributed by atoms with Crippen molar-refractivity contribution in [2.24, 2.45) is 0 Å². The topological polar surface area (TPSA) is 80.6 Å². The Labute approximate surface area is 164 Å². The van der Waals surface area contributed by atoms with E-state index < -0.39 is 12.5 Å². The van der Waals surface area contributed by atoms with Crippen molar-refractivity contribution >= 4 is 29.3 Å². The molecule has 2 aromatic rings. The highest BCUT2D eigenvalue weighted by Crippen LogP contribution is 2.38. The molecule has 0 saturated heterocycles. The average molecular weight is 409 g/mol. The van der Waals surface area contributed by atoms with Crippen LogP contribution in [0.4, 0.5) is 14.5 Å². The van der Waals surface area contributed by atoms with Gasteiger partial charge in [0.2, 0.25) is 0 Å². The minimum absolute atomic E-state index is 0.0631. The van der Waals surface area contributed by atoms with E-state index in [4.69, 9.17) is 21.1 Å². The van der Waals surface area contributed by atoms with E-state index in [1.54, 1.807) is 30.3 Å². The van der Waals surface area contributed by atoms with Gasteiger partial charge in [-0.05, 0) is 48.0 Å². The molecule has 0 aromatic heterocycles. The van der Waals surface area contributed by atoms with E-state index in [-0.39, 0.29) is 22.1 Å². The molecule has 146 valence electrons. The van der Waals surface area contributed by atoms with E-state index in [0.29, 0.717) is 17.0 Å². The summed E-state index contributed by atoms with van der Waals surface area (Å²) in [4.78, 5) is 12.3. The first-order valence-corrected chi connectivity index (χ1v) is 8.15. The van der Waals surface area contributed by atoms with Gasteiger partial charge in [-0.2, -0.15) is 14.0 Å². The molecule has 0 aliphatic carbocycles. The molecule has 0 aliphatic rings. The van der Waals surface area contributed by atoms with E-state index in [0.717, 1.165) is 0 Å². The van der Waals surface area contributed by atoms with Gasteiger partial charge in [-0.15, -0.1) is 0 Å². The Balaban J connectivity index is 2.28. The standard InChI is InChI=1S/C19H15ClF2N2O4/c1-26-14-5-3-13(4-6-14)24-18(25)12(10-23)7-11-8-15(20)17(28-19(21)22)16(9-11)27-2/h3-9,19H,1-2H3,(H,24,25)/b12-7+. The first-order chi connectivity index (χ1) is 13.4. The number of rotatable bonds is 7. The number of carbonyl (C=O) groups excluding carboxylic acids is 1. The van der Waals surface area contributed by atoms with E-state index in [1.807, 2.05) is 0 Å². The maximum absolute atomic E-state index is 12.5. The summed E-state index contributed by atoms with van der Waals surface area (Å²) in [6.45, 7) is -3.09. The Morgan fingerprint density at radius 2 is 1.89 bits per heavy atom. The zero-order chi connectivity index (χ0) is 20.7. The minimum atomic E-state index is -3.09. The highest BCUT2D eigenvalue weighted by atomic mass is 35.5. The molecule has 6 nitrogen and oxygen atoms in total. The Morgan fingerprint density at radius 1 is 1.21 bits per heavy atom. The van der Waals surface area contributed by atoms with Gasteiger partial charge in [0.05, 0.1) is 19.2 Å². The summed E-state index contributed by atoms with van der Waals surface area (Å²) in [5.74, 6) is -0.443. The molecular formula is C19H15ClF2N2O4. The number of carbonyl (C=O) groups is 1. The summed E-state index contributed by atoms with van der Waals surface area (Å²) >= 11 is 5.96. The zero-order valence-electron chi connectivity index (χ0n) is 14.8. The summed E-state index contributed by atoms with van der Waals surface area (Å²) < 4.78 is 39.3. The fourth-order valence-corrected chi connectivity index (χ4v) is 2.48. The minimum Gasteiger partial charge on any atom is -0.497 e. The van der Waals surface area contributed by atoms with E-state index in [2.05, 4.69) is 10.1 Å². The van der Waals surface area contributed by atoms with Crippen molar-refractivity contribution in [3.8, 4) is 23.3 Å². The number of hydrogen-bond acceptors (Lipinski definition) is 5. The number of ether oxygens (including phenoxy) is 3. The van der Waals surface area contributed by atoms with Crippen LogP contribution in [0.5, 0.6) is 17.2 Å². The molecule has 0 atom stereocenters. The maximum atomic E-state index is 12.5. The van der Waals surface area contributed by atoms with Crippen LogP contribution in [0.3, 0.4) is 0 Å². The highest BCUT2D eigenvalue weighted by molar-refractivity contribution is 6.32. The van der Waals surface area contributed by atoms with Gasteiger partial charge in [0.1, 0.15) is 17.4 Å². The molecule has 0 saturated carbocycles. The van der Waals surface area contributed by atoms with Crippen LogP contribution in [0.25, 0.3) is 6.08 Å². The number of methoxy groups -OCH3 is 2. The van der Waals surface area contributed by atoms with Crippen molar-refractivity contribution < 1.29 is 27.8 Å². The monoisotopic (exact) mass is 408 g/mol. The molecule has 0 aliphatic heterocycles. The third kappa shape index (κ3) is 5.34. The summed E-state index contributed by atoms with van der Waals surface area (Å²) in [6.07, 6.45) is 1.25. The SMILES string of the molecule is COc1ccc(NC(=O)/C(C#N)=C/c2cc(Cl)c(OC(F)F)c(OC)c2)cc1. The van der Waals surface area contributed by atoms with Gasteiger partial charge in [-0.3, -0.25) is 4.79 Å². The molecule has 0 bridgehead atoms. The van der Waals surface area contributed by atoms with Crippen molar-refractivity contribution in [3.05, 3.63) is 52.6 Å². The second-order valence-electron chi connectivity index (χ2n) is 5.27. The van der Waals surface area contributed by atoms with Crippen molar-refractivity contribution in [1.29, 1.82) is 5.26 Å². The summed E-state index contributed by atoms with van der Waals surface area (Å²) in [7, 11) is 2.76. The average Bonchev–Trinajstić information content (AvgIpc) is 2.68. The quantitative estimate of drug-likeness (QED) is 0.538. The molecule has 0 fully saturated rings. The fourth-order valence-electron chi connectivity index (χ4n) is 2.21. The Hall–Kier alpha value is -3.31. The molecule has 2 aromatic carbocycles. The first kappa shape index (κ1) is 21.0. The van der Waals surface area contributed by atoms with Crippen LogP contribution in [-0.2, 0) is 4.79 Å². The van der Waals surface area contributed by atoms with Crippen LogP contribution in [0.1, 0.15) is 5.56 Å². The molecular weight excluding hydrogens is 394 g/mol. The molecule has 28 heavy (non-hydrogen) atoms. The van der Waals surface area contributed by atoms with Gasteiger partial charge in [0.15, 0.2) is 11.5 Å². The van der Waals surface area contributed by atoms with E-state index in [9.17, 15) is 18.8 Å². The van der Waals surface area contributed by atoms with Crippen molar-refractivity contribution in [1.82, 2.24) is 0 Å². The van der Waals surface area contributed by atoms with Gasteiger partial charge in [0.25, 0.3) is 5.91 Å². The van der Waals surface area contributed by atoms with Crippen LogP contribution in [0.2, 0.25) is 5.02 Å². The van der Waals surface area contributed by atoms with Crippen LogP contribution >= 0.6 is 11.6 Å². The molecule has 1 amide bonds. The summed E-state index contributed by atoms with van der Waals surface area (Å²) in [6, 6.07) is 10.9. The molecule has 0 unspecified atom stereocenters. The van der Waals surface area contributed by atoms with Gasteiger partial charge in [0, 0.05) is 5.69 Å². The van der Waals surface area contributed by atoms with Gasteiger partial charge >= 0.3 is 6.61 Å². The van der Waals surface area contributed by atoms with Crippen molar-refractivity contribution in [2.45, 2.75) is 6.61 Å². The first-order valence-electron chi connectivity index (χ1n) is 7.77. The van der Waals surface area contributed by atoms with Crippen LogP contribution in [0.15, 0.2) is 42.0 Å². The summed E-state index contributed by atoms with van der Waals surface area (Å²) in [5.41, 5.74) is 0.532. The Morgan fingerprint density at radius 3 is 2.43 bits per heavy atom.